The molecule has 1 aliphatic rings. The first-order valence-corrected chi connectivity index (χ1v) is 8.75. The number of carbonyl (C=O) groups is 2. The largest absolute Gasteiger partial charge is 0.504 e. The first-order chi connectivity index (χ1) is 12.9. The van der Waals surface area contributed by atoms with E-state index in [1.54, 1.807) is 45.9 Å². The predicted octanol–water partition coefficient (Wildman–Crippen LogP) is 2.76. The number of benzene rings is 1. The highest BCUT2D eigenvalue weighted by Crippen LogP contribution is 2.41. The average Bonchev–Trinajstić information content (AvgIpc) is 2.61. The molecule has 146 valence electrons. The third-order valence-corrected chi connectivity index (χ3v) is 4.34. The topological polar surface area (TPSA) is 94.1 Å². The van der Waals surface area contributed by atoms with Crippen LogP contribution in [0.1, 0.15) is 39.3 Å². The number of nitrogens with one attached hydrogen (secondary N) is 1. The van der Waals surface area contributed by atoms with Gasteiger partial charge in [-0.05, 0) is 39.3 Å². The Hall–Kier alpha value is -2.96. The van der Waals surface area contributed by atoms with Crippen LogP contribution in [0.2, 0.25) is 0 Å². The standard InChI is InChI=1S/C20H25NO6/c1-6-26-19(23)15-11(3)16(20(24)27-7-2)17(21-12(15)4)13-9-8-10-14(25-5)18(13)22/h8-10,17,21-22H,6-7H2,1-5H3. The second kappa shape index (κ2) is 8.62. The van der Waals surface area contributed by atoms with Crippen molar-refractivity contribution in [2.75, 3.05) is 20.3 Å². The molecular formula is C20H25NO6. The highest BCUT2D eigenvalue weighted by molar-refractivity contribution is 6.00. The lowest BCUT2D eigenvalue weighted by molar-refractivity contribution is -0.139. The molecule has 0 bridgehead atoms. The van der Waals surface area contributed by atoms with Gasteiger partial charge in [0.2, 0.25) is 0 Å². The Morgan fingerprint density at radius 3 is 2.33 bits per heavy atom. The van der Waals surface area contributed by atoms with Crippen molar-refractivity contribution in [1.29, 1.82) is 0 Å². The van der Waals surface area contributed by atoms with Gasteiger partial charge in [-0.1, -0.05) is 12.1 Å². The van der Waals surface area contributed by atoms with Gasteiger partial charge in [0, 0.05) is 11.3 Å². The van der Waals surface area contributed by atoms with E-state index in [-0.39, 0.29) is 30.3 Å². The van der Waals surface area contributed by atoms with E-state index >= 15 is 0 Å². The molecule has 1 heterocycles. The summed E-state index contributed by atoms with van der Waals surface area (Å²) >= 11 is 0. The van der Waals surface area contributed by atoms with Crippen molar-refractivity contribution in [3.63, 3.8) is 0 Å². The predicted molar refractivity (Wildman–Crippen MR) is 99.2 cm³/mol. The van der Waals surface area contributed by atoms with Gasteiger partial charge >= 0.3 is 11.9 Å². The van der Waals surface area contributed by atoms with Crippen molar-refractivity contribution in [1.82, 2.24) is 5.32 Å². The fraction of sp³-hybridized carbons (Fsp3) is 0.400. The van der Waals surface area contributed by atoms with Crippen LogP contribution < -0.4 is 10.1 Å². The van der Waals surface area contributed by atoms with Crippen molar-refractivity contribution in [2.24, 2.45) is 0 Å². The highest BCUT2D eigenvalue weighted by atomic mass is 16.5. The maximum absolute atomic E-state index is 12.7. The Kier molecular flexibility index (Phi) is 6.50. The van der Waals surface area contributed by atoms with Crippen molar-refractivity contribution in [2.45, 2.75) is 33.7 Å². The maximum Gasteiger partial charge on any atom is 0.340 e. The molecule has 7 heteroatoms. The van der Waals surface area contributed by atoms with Gasteiger partial charge < -0.3 is 24.6 Å². The van der Waals surface area contributed by atoms with Crippen LogP contribution in [-0.2, 0) is 19.1 Å². The minimum absolute atomic E-state index is 0.0838. The third-order valence-electron chi connectivity index (χ3n) is 4.34. The van der Waals surface area contributed by atoms with Crippen LogP contribution in [0.15, 0.2) is 40.6 Å². The molecule has 0 saturated heterocycles. The number of hydrogen-bond acceptors (Lipinski definition) is 7. The van der Waals surface area contributed by atoms with E-state index in [0.717, 1.165) is 0 Å². The number of dihydropyridines is 1. The quantitative estimate of drug-likeness (QED) is 0.738. The summed E-state index contributed by atoms with van der Waals surface area (Å²) in [4.78, 5) is 25.1. The van der Waals surface area contributed by atoms with Gasteiger partial charge in [-0.2, -0.15) is 0 Å². The summed E-state index contributed by atoms with van der Waals surface area (Å²) in [6.45, 7) is 7.22. The third kappa shape index (κ3) is 3.92. The van der Waals surface area contributed by atoms with Crippen LogP contribution in [0.3, 0.4) is 0 Å². The number of allylic oxidation sites excluding steroid dienone is 1. The van der Waals surface area contributed by atoms with Crippen LogP contribution in [0, 0.1) is 0 Å². The maximum atomic E-state index is 12.7. The summed E-state index contributed by atoms with van der Waals surface area (Å²) in [7, 11) is 1.45. The van der Waals surface area contributed by atoms with Crippen molar-refractivity contribution < 1.29 is 28.9 Å². The molecule has 0 amide bonds. The smallest absolute Gasteiger partial charge is 0.340 e. The Morgan fingerprint density at radius 2 is 1.74 bits per heavy atom. The van der Waals surface area contributed by atoms with E-state index in [4.69, 9.17) is 14.2 Å². The second-order valence-corrected chi connectivity index (χ2v) is 5.96. The molecule has 1 aliphatic heterocycles. The fourth-order valence-electron chi connectivity index (χ4n) is 3.15. The van der Waals surface area contributed by atoms with E-state index in [1.165, 1.54) is 7.11 Å². The van der Waals surface area contributed by atoms with E-state index in [9.17, 15) is 14.7 Å². The zero-order valence-corrected chi connectivity index (χ0v) is 16.2. The summed E-state index contributed by atoms with van der Waals surface area (Å²) in [5.41, 5.74) is 1.98. The first kappa shape index (κ1) is 20.4. The van der Waals surface area contributed by atoms with Crippen LogP contribution in [-0.4, -0.2) is 37.4 Å². The molecule has 0 fully saturated rings. The normalized spacial score (nSPS) is 16.7. The molecule has 0 radical (unpaired) electrons. The molecule has 2 N–H and O–H groups in total. The summed E-state index contributed by atoms with van der Waals surface area (Å²) in [6, 6.07) is 4.32. The molecule has 1 aromatic carbocycles. The molecule has 2 rings (SSSR count). The summed E-state index contributed by atoms with van der Waals surface area (Å²) in [5, 5.41) is 13.7. The zero-order valence-electron chi connectivity index (χ0n) is 16.2. The van der Waals surface area contributed by atoms with E-state index in [1.807, 2.05) is 0 Å². The number of phenols is 1. The molecule has 7 nitrogen and oxygen atoms in total. The van der Waals surface area contributed by atoms with Gasteiger partial charge in [-0.15, -0.1) is 0 Å². The van der Waals surface area contributed by atoms with Crippen LogP contribution in [0.25, 0.3) is 0 Å². The molecule has 0 aliphatic carbocycles. The van der Waals surface area contributed by atoms with Crippen molar-refractivity contribution in [3.05, 3.63) is 46.2 Å². The SMILES string of the molecule is CCOC(=O)C1=C(C)NC(c2cccc(OC)c2O)C(C(=O)OCC)=C1C. The first-order valence-electron chi connectivity index (χ1n) is 8.75. The number of methoxy groups -OCH3 is 1. The Morgan fingerprint density at radius 1 is 1.11 bits per heavy atom. The molecule has 1 aromatic rings. The van der Waals surface area contributed by atoms with Gasteiger partial charge in [0.05, 0.1) is 37.5 Å². The number of esters is 2. The van der Waals surface area contributed by atoms with Gasteiger partial charge in [0.15, 0.2) is 11.5 Å². The lowest BCUT2D eigenvalue weighted by Gasteiger charge is -2.31. The number of ether oxygens (including phenoxy) is 3. The van der Waals surface area contributed by atoms with Gasteiger partial charge in [-0.25, -0.2) is 9.59 Å². The van der Waals surface area contributed by atoms with E-state index in [2.05, 4.69) is 5.32 Å². The number of carbonyl (C=O) groups excluding carboxylic acids is 2. The average molecular weight is 375 g/mol. The fourth-order valence-corrected chi connectivity index (χ4v) is 3.15. The van der Waals surface area contributed by atoms with Crippen molar-refractivity contribution in [3.8, 4) is 11.5 Å². The number of phenolic OH excluding ortho intramolecular Hbond substituents is 1. The second-order valence-electron chi connectivity index (χ2n) is 5.96. The number of hydrogen-bond donors (Lipinski definition) is 2. The van der Waals surface area contributed by atoms with Gasteiger partial charge in [-0.3, -0.25) is 0 Å². The Labute approximate surface area is 158 Å². The Bertz CT molecular complexity index is 809. The van der Waals surface area contributed by atoms with Crippen LogP contribution in [0.4, 0.5) is 0 Å². The van der Waals surface area contributed by atoms with E-state index < -0.39 is 18.0 Å². The monoisotopic (exact) mass is 375 g/mol. The molecule has 0 aromatic heterocycles. The Balaban J connectivity index is 2.64. The molecule has 27 heavy (non-hydrogen) atoms. The molecular weight excluding hydrogens is 350 g/mol. The zero-order chi connectivity index (χ0) is 20.1. The number of aromatic hydroxyl groups is 1. The van der Waals surface area contributed by atoms with Gasteiger partial charge in [0.1, 0.15) is 0 Å². The van der Waals surface area contributed by atoms with Crippen LogP contribution in [0.5, 0.6) is 11.5 Å². The minimum atomic E-state index is -0.697. The summed E-state index contributed by atoms with van der Waals surface area (Å²) in [5.74, 6) is -0.883. The molecule has 1 unspecified atom stereocenters. The minimum Gasteiger partial charge on any atom is -0.504 e. The molecule has 0 saturated carbocycles. The lowest BCUT2D eigenvalue weighted by Crippen LogP contribution is -2.34. The summed E-state index contributed by atoms with van der Waals surface area (Å²) < 4.78 is 15.5. The summed E-state index contributed by atoms with van der Waals surface area (Å²) in [6.07, 6.45) is 0. The van der Waals surface area contributed by atoms with E-state index in [0.29, 0.717) is 22.4 Å². The van der Waals surface area contributed by atoms with Crippen molar-refractivity contribution >= 4 is 11.9 Å². The lowest BCUT2D eigenvalue weighted by atomic mass is 9.86. The molecule has 0 spiro atoms. The molecule has 1 atom stereocenters. The van der Waals surface area contributed by atoms with Gasteiger partial charge in [0.25, 0.3) is 0 Å². The highest BCUT2D eigenvalue weighted by Gasteiger charge is 2.36. The van der Waals surface area contributed by atoms with Crippen LogP contribution >= 0.6 is 0 Å². The number of rotatable bonds is 6. The number of para-hydroxylation sites is 1.